The zero-order chi connectivity index (χ0) is 16.0. The minimum Gasteiger partial charge on any atom is -0.335 e. The smallest absolute Gasteiger partial charge is 0.259 e. The highest BCUT2D eigenvalue weighted by Gasteiger charge is 2.34. The fraction of sp³-hybridized carbons (Fsp3) is 0.588. The van der Waals surface area contributed by atoms with Gasteiger partial charge in [0.1, 0.15) is 5.56 Å². The van der Waals surface area contributed by atoms with E-state index in [4.69, 9.17) is 0 Å². The first-order valence-electron chi connectivity index (χ1n) is 8.04. The average molecular weight is 300 g/mol. The van der Waals surface area contributed by atoms with Crippen molar-refractivity contribution in [1.29, 1.82) is 0 Å². The van der Waals surface area contributed by atoms with Crippen LogP contribution in [-0.4, -0.2) is 38.0 Å². The van der Waals surface area contributed by atoms with Crippen LogP contribution in [0.5, 0.6) is 0 Å². The number of nitrogens with zero attached hydrogens (tertiary/aromatic N) is 4. The van der Waals surface area contributed by atoms with Crippen LogP contribution in [0.2, 0.25) is 0 Å². The molecule has 2 aromatic heterocycles. The van der Waals surface area contributed by atoms with Gasteiger partial charge in [0.15, 0.2) is 5.65 Å². The van der Waals surface area contributed by atoms with Gasteiger partial charge < -0.3 is 4.90 Å². The van der Waals surface area contributed by atoms with Crippen molar-refractivity contribution in [2.24, 2.45) is 5.92 Å². The normalized spacial score (nSPS) is 18.6. The molecule has 0 spiro atoms. The van der Waals surface area contributed by atoms with Gasteiger partial charge in [0, 0.05) is 24.0 Å². The zero-order valence-corrected chi connectivity index (χ0v) is 14.1. The lowest BCUT2D eigenvalue weighted by Gasteiger charge is -2.27. The summed E-state index contributed by atoms with van der Waals surface area (Å²) in [6.45, 7) is 11.1. The number of carbonyl (C=O) groups is 1. The molecule has 1 atom stereocenters. The molecule has 1 amide bonds. The van der Waals surface area contributed by atoms with Crippen LogP contribution >= 0.6 is 0 Å². The third-order valence-electron chi connectivity index (χ3n) is 4.61. The lowest BCUT2D eigenvalue weighted by molar-refractivity contribution is 0.0702. The van der Waals surface area contributed by atoms with E-state index in [0.717, 1.165) is 36.5 Å². The first-order valence-corrected chi connectivity index (χ1v) is 8.04. The van der Waals surface area contributed by atoms with E-state index in [9.17, 15) is 4.79 Å². The maximum absolute atomic E-state index is 13.1. The summed E-state index contributed by atoms with van der Waals surface area (Å²) in [6, 6.07) is 2.31. The van der Waals surface area contributed by atoms with Gasteiger partial charge in [-0.25, -0.2) is 9.50 Å². The van der Waals surface area contributed by atoms with Gasteiger partial charge in [-0.15, -0.1) is 0 Å². The number of rotatable bonds is 2. The molecule has 0 radical (unpaired) electrons. The summed E-state index contributed by atoms with van der Waals surface area (Å²) in [4.78, 5) is 19.7. The molecule has 0 N–H and O–H groups in total. The second-order valence-electron chi connectivity index (χ2n) is 6.69. The van der Waals surface area contributed by atoms with Crippen LogP contribution in [0.1, 0.15) is 54.1 Å². The Labute approximate surface area is 131 Å². The number of fused-ring (bicyclic) bond motifs is 1. The van der Waals surface area contributed by atoms with Gasteiger partial charge in [0.05, 0.1) is 5.69 Å². The number of hydrogen-bond acceptors (Lipinski definition) is 3. The van der Waals surface area contributed by atoms with E-state index in [-0.39, 0.29) is 5.91 Å². The van der Waals surface area contributed by atoms with E-state index in [1.54, 1.807) is 4.52 Å². The standard InChI is InChI=1S/C17H24N4O/c1-10(2)14-7-6-8-20(14)17(22)15-13(5)19-21-12(4)9-11(3)18-16(15)21/h9-10,14H,6-8H2,1-5H3/t14-/m0/s1. The summed E-state index contributed by atoms with van der Waals surface area (Å²) >= 11 is 0. The van der Waals surface area contributed by atoms with E-state index < -0.39 is 0 Å². The highest BCUT2D eigenvalue weighted by molar-refractivity contribution is 6.01. The Balaban J connectivity index is 2.10. The maximum Gasteiger partial charge on any atom is 0.259 e. The maximum atomic E-state index is 13.1. The van der Waals surface area contributed by atoms with Crippen molar-refractivity contribution < 1.29 is 4.79 Å². The lowest BCUT2D eigenvalue weighted by atomic mass is 10.0. The van der Waals surface area contributed by atoms with Gasteiger partial charge in [-0.2, -0.15) is 5.10 Å². The monoisotopic (exact) mass is 300 g/mol. The molecule has 118 valence electrons. The van der Waals surface area contributed by atoms with Crippen molar-refractivity contribution in [3.8, 4) is 0 Å². The summed E-state index contributed by atoms with van der Waals surface area (Å²) in [7, 11) is 0. The second kappa shape index (κ2) is 5.38. The molecular weight excluding hydrogens is 276 g/mol. The fourth-order valence-electron chi connectivity index (χ4n) is 3.56. The van der Waals surface area contributed by atoms with Gasteiger partial charge in [-0.05, 0) is 45.6 Å². The summed E-state index contributed by atoms with van der Waals surface area (Å²) in [5.41, 5.74) is 4.04. The van der Waals surface area contributed by atoms with Crippen molar-refractivity contribution in [3.05, 3.63) is 28.7 Å². The van der Waals surface area contributed by atoms with Crippen molar-refractivity contribution in [1.82, 2.24) is 19.5 Å². The van der Waals surface area contributed by atoms with Crippen molar-refractivity contribution >= 4 is 11.6 Å². The van der Waals surface area contributed by atoms with Gasteiger partial charge in [-0.1, -0.05) is 13.8 Å². The minimum atomic E-state index is 0.0844. The van der Waals surface area contributed by atoms with Crippen LogP contribution < -0.4 is 0 Å². The Morgan fingerprint density at radius 2 is 2.05 bits per heavy atom. The highest BCUT2D eigenvalue weighted by Crippen LogP contribution is 2.27. The van der Waals surface area contributed by atoms with E-state index in [0.29, 0.717) is 23.2 Å². The summed E-state index contributed by atoms with van der Waals surface area (Å²) < 4.78 is 1.79. The van der Waals surface area contributed by atoms with Gasteiger partial charge in [0.2, 0.25) is 0 Å². The van der Waals surface area contributed by atoms with Crippen LogP contribution in [0.25, 0.3) is 5.65 Å². The Morgan fingerprint density at radius 3 is 2.73 bits per heavy atom. The number of hydrogen-bond donors (Lipinski definition) is 0. The third-order valence-corrected chi connectivity index (χ3v) is 4.61. The Morgan fingerprint density at radius 1 is 1.32 bits per heavy atom. The molecule has 3 rings (SSSR count). The molecule has 1 aliphatic heterocycles. The topological polar surface area (TPSA) is 50.5 Å². The molecule has 0 unspecified atom stereocenters. The molecule has 2 aromatic rings. The molecule has 22 heavy (non-hydrogen) atoms. The first kappa shape index (κ1) is 15.0. The predicted octanol–water partition coefficient (Wildman–Crippen LogP) is 2.92. The molecule has 0 aliphatic carbocycles. The summed E-state index contributed by atoms with van der Waals surface area (Å²) in [6.07, 6.45) is 2.17. The molecule has 0 aromatic carbocycles. The van der Waals surface area contributed by atoms with E-state index in [2.05, 4.69) is 23.9 Å². The van der Waals surface area contributed by atoms with Crippen LogP contribution in [-0.2, 0) is 0 Å². The zero-order valence-electron chi connectivity index (χ0n) is 14.1. The molecule has 5 nitrogen and oxygen atoms in total. The molecule has 0 saturated carbocycles. The number of likely N-dealkylation sites (tertiary alicyclic amines) is 1. The van der Waals surface area contributed by atoms with Gasteiger partial charge in [0.25, 0.3) is 5.91 Å². The van der Waals surface area contributed by atoms with Crippen LogP contribution in [0.15, 0.2) is 6.07 Å². The van der Waals surface area contributed by atoms with Crippen LogP contribution in [0.4, 0.5) is 0 Å². The third kappa shape index (κ3) is 2.28. The first-order chi connectivity index (χ1) is 10.4. The van der Waals surface area contributed by atoms with Gasteiger partial charge in [-0.3, -0.25) is 4.79 Å². The highest BCUT2D eigenvalue weighted by atomic mass is 16.2. The SMILES string of the molecule is Cc1cc(C)n2nc(C)c(C(=O)N3CCC[C@H]3C(C)C)c2n1. The average Bonchev–Trinajstić information content (AvgIpc) is 3.02. The molecule has 1 fully saturated rings. The van der Waals surface area contributed by atoms with E-state index in [1.165, 1.54) is 0 Å². The molecule has 3 heterocycles. The number of amides is 1. The van der Waals surface area contributed by atoms with Crippen molar-refractivity contribution in [2.75, 3.05) is 6.54 Å². The minimum absolute atomic E-state index is 0.0844. The van der Waals surface area contributed by atoms with Crippen LogP contribution in [0, 0.1) is 26.7 Å². The molecule has 0 bridgehead atoms. The quantitative estimate of drug-likeness (QED) is 0.857. The van der Waals surface area contributed by atoms with Crippen LogP contribution in [0.3, 0.4) is 0 Å². The van der Waals surface area contributed by atoms with Gasteiger partial charge >= 0.3 is 0 Å². The summed E-state index contributed by atoms with van der Waals surface area (Å²) in [5.74, 6) is 0.561. The Hall–Kier alpha value is -1.91. The van der Waals surface area contributed by atoms with Crippen molar-refractivity contribution in [3.63, 3.8) is 0 Å². The van der Waals surface area contributed by atoms with Crippen molar-refractivity contribution in [2.45, 2.75) is 53.5 Å². The van der Waals surface area contributed by atoms with E-state index >= 15 is 0 Å². The molecule has 1 saturated heterocycles. The Bertz CT molecular complexity index is 732. The largest absolute Gasteiger partial charge is 0.335 e. The predicted molar refractivity (Wildman–Crippen MR) is 86.1 cm³/mol. The second-order valence-corrected chi connectivity index (χ2v) is 6.69. The summed E-state index contributed by atoms with van der Waals surface area (Å²) in [5, 5.41) is 4.52. The van der Waals surface area contributed by atoms with E-state index in [1.807, 2.05) is 31.7 Å². The number of carbonyl (C=O) groups excluding carboxylic acids is 1. The Kier molecular flexibility index (Phi) is 3.67. The number of aryl methyl sites for hydroxylation is 3. The molecular formula is C17H24N4O. The molecule has 5 heteroatoms. The fourth-order valence-corrected chi connectivity index (χ4v) is 3.56. The lowest BCUT2D eigenvalue weighted by Crippen LogP contribution is -2.38. The number of aromatic nitrogens is 3. The molecule has 1 aliphatic rings.